The Morgan fingerprint density at radius 2 is 2.19 bits per heavy atom. The summed E-state index contributed by atoms with van der Waals surface area (Å²) in [6.45, 7) is 7.79. The zero-order valence-electron chi connectivity index (χ0n) is 12.5. The minimum Gasteiger partial charge on any atom is -0.325 e. The summed E-state index contributed by atoms with van der Waals surface area (Å²) in [5, 5.41) is 0.759. The van der Waals surface area contributed by atoms with Crippen LogP contribution in [0.3, 0.4) is 0 Å². The highest BCUT2D eigenvalue weighted by Gasteiger charge is 2.26. The van der Waals surface area contributed by atoms with Crippen LogP contribution in [0.15, 0.2) is 18.2 Å². The minimum atomic E-state index is 0.422. The molecule has 1 saturated heterocycles. The van der Waals surface area contributed by atoms with E-state index in [1.54, 1.807) is 0 Å². The third-order valence-electron chi connectivity index (χ3n) is 4.40. The van der Waals surface area contributed by atoms with Gasteiger partial charge in [-0.15, -0.1) is 11.6 Å². The van der Waals surface area contributed by atoms with Gasteiger partial charge in [0, 0.05) is 19.1 Å². The number of fused-ring (bicyclic) bond motifs is 1. The molecule has 0 amide bonds. The lowest BCUT2D eigenvalue weighted by Crippen LogP contribution is -2.28. The highest BCUT2D eigenvalue weighted by Crippen LogP contribution is 2.28. The van der Waals surface area contributed by atoms with Gasteiger partial charge in [0.05, 0.1) is 21.9 Å². The highest BCUT2D eigenvalue weighted by atomic mass is 35.5. The van der Waals surface area contributed by atoms with E-state index in [4.69, 9.17) is 23.2 Å². The van der Waals surface area contributed by atoms with Crippen LogP contribution in [0, 0.1) is 5.92 Å². The van der Waals surface area contributed by atoms with E-state index in [1.165, 1.54) is 13.0 Å². The van der Waals surface area contributed by atoms with Gasteiger partial charge in [0.2, 0.25) is 0 Å². The molecule has 0 bridgehead atoms. The molecule has 0 spiro atoms. The van der Waals surface area contributed by atoms with Crippen molar-refractivity contribution >= 4 is 34.2 Å². The Balaban J connectivity index is 1.90. The third-order valence-corrected chi connectivity index (χ3v) is 4.95. The molecule has 1 aromatic carbocycles. The zero-order valence-corrected chi connectivity index (χ0v) is 14.0. The van der Waals surface area contributed by atoms with E-state index < -0.39 is 0 Å². The lowest BCUT2D eigenvalue weighted by Gasteiger charge is -2.20. The first-order valence-corrected chi connectivity index (χ1v) is 8.45. The van der Waals surface area contributed by atoms with Crippen LogP contribution in [0.5, 0.6) is 0 Å². The van der Waals surface area contributed by atoms with Gasteiger partial charge in [-0.3, -0.25) is 0 Å². The van der Waals surface area contributed by atoms with Crippen molar-refractivity contribution in [1.29, 1.82) is 0 Å². The first kappa shape index (κ1) is 15.1. The SMILES string of the molecule is CC(C)N1CCC(Cn2c(CCl)nc3cccc(Cl)c32)C1. The van der Waals surface area contributed by atoms with Crippen molar-refractivity contribution in [3.05, 3.63) is 29.0 Å². The monoisotopic (exact) mass is 325 g/mol. The molecule has 3 rings (SSSR count). The van der Waals surface area contributed by atoms with Crippen molar-refractivity contribution < 1.29 is 0 Å². The van der Waals surface area contributed by atoms with Crippen molar-refractivity contribution in [2.24, 2.45) is 5.92 Å². The number of halogens is 2. The van der Waals surface area contributed by atoms with Gasteiger partial charge >= 0.3 is 0 Å². The molecular weight excluding hydrogens is 305 g/mol. The number of rotatable bonds is 4. The maximum Gasteiger partial charge on any atom is 0.124 e. The van der Waals surface area contributed by atoms with E-state index in [2.05, 4.69) is 28.3 Å². The molecule has 1 unspecified atom stereocenters. The van der Waals surface area contributed by atoms with Gasteiger partial charge in [0.1, 0.15) is 5.82 Å². The molecular formula is C16H21Cl2N3. The van der Waals surface area contributed by atoms with Gasteiger partial charge in [-0.05, 0) is 44.9 Å². The van der Waals surface area contributed by atoms with E-state index in [0.29, 0.717) is 17.8 Å². The molecule has 21 heavy (non-hydrogen) atoms. The Kier molecular flexibility index (Phi) is 4.43. The number of benzene rings is 1. The minimum absolute atomic E-state index is 0.422. The molecule has 1 atom stereocenters. The molecule has 3 nitrogen and oxygen atoms in total. The second-order valence-electron chi connectivity index (χ2n) is 6.12. The summed E-state index contributed by atoms with van der Waals surface area (Å²) in [5.74, 6) is 1.98. The number of hydrogen-bond acceptors (Lipinski definition) is 2. The number of para-hydroxylation sites is 1. The van der Waals surface area contributed by atoms with E-state index in [-0.39, 0.29) is 0 Å². The summed E-state index contributed by atoms with van der Waals surface area (Å²) >= 11 is 12.5. The molecule has 1 aliphatic heterocycles. The molecule has 0 N–H and O–H groups in total. The van der Waals surface area contributed by atoms with Crippen LogP contribution in [0.25, 0.3) is 11.0 Å². The Hall–Kier alpha value is -0.770. The van der Waals surface area contributed by atoms with Gasteiger partial charge in [-0.1, -0.05) is 17.7 Å². The fraction of sp³-hybridized carbons (Fsp3) is 0.562. The molecule has 0 radical (unpaired) electrons. The van der Waals surface area contributed by atoms with Crippen LogP contribution in [0.4, 0.5) is 0 Å². The first-order chi connectivity index (χ1) is 10.1. The molecule has 1 aliphatic rings. The maximum absolute atomic E-state index is 6.38. The average molecular weight is 326 g/mol. The summed E-state index contributed by atoms with van der Waals surface area (Å²) in [4.78, 5) is 7.15. The van der Waals surface area contributed by atoms with Gasteiger partial charge < -0.3 is 9.47 Å². The van der Waals surface area contributed by atoms with Crippen molar-refractivity contribution in [3.8, 4) is 0 Å². The smallest absolute Gasteiger partial charge is 0.124 e. The number of nitrogens with zero attached hydrogens (tertiary/aromatic N) is 3. The highest BCUT2D eigenvalue weighted by molar-refractivity contribution is 6.35. The van der Waals surface area contributed by atoms with Crippen molar-refractivity contribution in [3.63, 3.8) is 0 Å². The van der Waals surface area contributed by atoms with Crippen LogP contribution in [-0.2, 0) is 12.4 Å². The summed E-state index contributed by atoms with van der Waals surface area (Å²) in [5.41, 5.74) is 1.97. The van der Waals surface area contributed by atoms with Gasteiger partial charge in [-0.25, -0.2) is 4.98 Å². The Morgan fingerprint density at radius 3 is 2.86 bits per heavy atom. The Labute approximate surface area is 135 Å². The van der Waals surface area contributed by atoms with Gasteiger partial charge in [0.15, 0.2) is 0 Å². The topological polar surface area (TPSA) is 21.1 Å². The van der Waals surface area contributed by atoms with E-state index >= 15 is 0 Å². The normalized spacial score (nSPS) is 20.0. The van der Waals surface area contributed by atoms with E-state index in [1.807, 2.05) is 18.2 Å². The lowest BCUT2D eigenvalue weighted by atomic mass is 10.1. The van der Waals surface area contributed by atoms with Crippen LogP contribution < -0.4 is 0 Å². The van der Waals surface area contributed by atoms with Crippen molar-refractivity contribution in [2.45, 2.75) is 38.7 Å². The van der Waals surface area contributed by atoms with E-state index in [0.717, 1.165) is 35.0 Å². The summed E-state index contributed by atoms with van der Waals surface area (Å²) < 4.78 is 2.22. The van der Waals surface area contributed by atoms with Gasteiger partial charge in [-0.2, -0.15) is 0 Å². The first-order valence-electron chi connectivity index (χ1n) is 7.53. The molecule has 1 aromatic heterocycles. The summed E-state index contributed by atoms with van der Waals surface area (Å²) in [7, 11) is 0. The van der Waals surface area contributed by atoms with Crippen molar-refractivity contribution in [2.75, 3.05) is 13.1 Å². The fourth-order valence-electron chi connectivity index (χ4n) is 3.23. The molecule has 0 aliphatic carbocycles. The van der Waals surface area contributed by atoms with Crippen molar-refractivity contribution in [1.82, 2.24) is 14.5 Å². The molecule has 5 heteroatoms. The average Bonchev–Trinajstić information content (AvgIpc) is 3.05. The molecule has 2 aromatic rings. The summed E-state index contributed by atoms with van der Waals surface area (Å²) in [6.07, 6.45) is 1.23. The second-order valence-corrected chi connectivity index (χ2v) is 6.80. The largest absolute Gasteiger partial charge is 0.325 e. The number of alkyl halides is 1. The molecule has 0 saturated carbocycles. The predicted molar refractivity (Wildman–Crippen MR) is 89.1 cm³/mol. The third kappa shape index (κ3) is 2.92. The zero-order chi connectivity index (χ0) is 15.0. The Morgan fingerprint density at radius 1 is 1.38 bits per heavy atom. The molecule has 1 fully saturated rings. The number of aromatic nitrogens is 2. The number of hydrogen-bond donors (Lipinski definition) is 0. The van der Waals surface area contributed by atoms with Crippen LogP contribution >= 0.6 is 23.2 Å². The van der Waals surface area contributed by atoms with Gasteiger partial charge in [0.25, 0.3) is 0 Å². The standard InChI is InChI=1S/C16H21Cl2N3/c1-11(2)20-7-6-12(9-20)10-21-15(8-17)19-14-5-3-4-13(18)16(14)21/h3-5,11-12H,6-10H2,1-2H3. The van der Waals surface area contributed by atoms with Crippen LogP contribution in [0.2, 0.25) is 5.02 Å². The second kappa shape index (κ2) is 6.15. The summed E-state index contributed by atoms with van der Waals surface area (Å²) in [6, 6.07) is 6.49. The number of likely N-dealkylation sites (tertiary alicyclic amines) is 1. The van der Waals surface area contributed by atoms with Crippen LogP contribution in [0.1, 0.15) is 26.1 Å². The number of imidazole rings is 1. The quantitative estimate of drug-likeness (QED) is 0.787. The molecule has 2 heterocycles. The van der Waals surface area contributed by atoms with Crippen LogP contribution in [-0.4, -0.2) is 33.6 Å². The lowest BCUT2D eigenvalue weighted by molar-refractivity contribution is 0.261. The van der Waals surface area contributed by atoms with E-state index in [9.17, 15) is 0 Å². The fourth-order valence-corrected chi connectivity index (χ4v) is 3.70. The maximum atomic E-state index is 6.38. The predicted octanol–water partition coefficient (Wildman–Crippen LogP) is 4.16. The molecule has 114 valence electrons. The Bertz CT molecular complexity index is 636.